The molecule has 0 saturated carbocycles. The van der Waals surface area contributed by atoms with E-state index in [1.807, 2.05) is 18.2 Å². The average Bonchev–Trinajstić information content (AvgIpc) is 2.94. The van der Waals surface area contributed by atoms with Crippen molar-refractivity contribution in [2.75, 3.05) is 0 Å². The fraction of sp³-hybridized carbons (Fsp3) is 0.0625. The van der Waals surface area contributed by atoms with Crippen LogP contribution in [0.3, 0.4) is 0 Å². The Hall–Kier alpha value is -2.53. The molecule has 0 unspecified atom stereocenters. The summed E-state index contributed by atoms with van der Waals surface area (Å²) in [7, 11) is 0. The number of rotatable bonds is 3. The zero-order valence-corrected chi connectivity index (χ0v) is 10.9. The fourth-order valence-corrected chi connectivity index (χ4v) is 2.17. The van der Waals surface area contributed by atoms with Crippen molar-refractivity contribution in [3.05, 3.63) is 65.7 Å². The topological polar surface area (TPSA) is 46.3 Å². The van der Waals surface area contributed by atoms with Gasteiger partial charge in [0.1, 0.15) is 5.69 Å². The van der Waals surface area contributed by atoms with E-state index in [9.17, 15) is 13.9 Å². The van der Waals surface area contributed by atoms with E-state index < -0.39 is 11.6 Å². The van der Waals surface area contributed by atoms with Crippen LogP contribution in [0.1, 0.15) is 5.56 Å². The van der Waals surface area contributed by atoms with Crippen LogP contribution in [0.25, 0.3) is 22.6 Å². The molecule has 0 amide bonds. The van der Waals surface area contributed by atoms with E-state index >= 15 is 0 Å². The Labute approximate surface area is 119 Å². The Morgan fingerprint density at radius 1 is 1.00 bits per heavy atom. The minimum absolute atomic E-state index is 0.0355. The van der Waals surface area contributed by atoms with Crippen molar-refractivity contribution in [1.29, 1.82) is 0 Å². The van der Waals surface area contributed by atoms with Crippen molar-refractivity contribution in [3.8, 4) is 22.6 Å². The molecular weight excluding hydrogens is 276 g/mol. The number of halogens is 2. The molecule has 0 saturated heterocycles. The van der Waals surface area contributed by atoms with E-state index in [-0.39, 0.29) is 17.9 Å². The maximum atomic E-state index is 13.9. The molecule has 3 nitrogen and oxygen atoms in total. The molecule has 0 atom stereocenters. The summed E-state index contributed by atoms with van der Waals surface area (Å²) in [4.78, 5) is 0. The fourth-order valence-electron chi connectivity index (χ4n) is 2.17. The van der Waals surface area contributed by atoms with Gasteiger partial charge in [-0.15, -0.1) is 0 Å². The van der Waals surface area contributed by atoms with E-state index in [4.69, 9.17) is 4.52 Å². The SMILES string of the molecule is OCc1c(-c2ccccc2)noc1-c1cccc(F)c1F. The van der Waals surface area contributed by atoms with Gasteiger partial charge in [-0.1, -0.05) is 41.6 Å². The van der Waals surface area contributed by atoms with Crippen LogP contribution in [-0.4, -0.2) is 10.3 Å². The maximum absolute atomic E-state index is 13.9. The molecule has 0 spiro atoms. The summed E-state index contributed by atoms with van der Waals surface area (Å²) in [6, 6.07) is 12.8. The number of hydrogen-bond donors (Lipinski definition) is 1. The molecule has 21 heavy (non-hydrogen) atoms. The van der Waals surface area contributed by atoms with Gasteiger partial charge in [0, 0.05) is 5.56 Å². The van der Waals surface area contributed by atoms with Crippen LogP contribution in [0.4, 0.5) is 8.78 Å². The summed E-state index contributed by atoms with van der Waals surface area (Å²) in [6.45, 7) is -0.390. The lowest BCUT2D eigenvalue weighted by Crippen LogP contribution is -1.93. The first kappa shape index (κ1) is 13.5. The molecule has 0 fully saturated rings. The smallest absolute Gasteiger partial charge is 0.176 e. The molecule has 0 radical (unpaired) electrons. The number of aromatic nitrogens is 1. The monoisotopic (exact) mass is 287 g/mol. The average molecular weight is 287 g/mol. The third-order valence-corrected chi connectivity index (χ3v) is 3.19. The van der Waals surface area contributed by atoms with Gasteiger partial charge in [-0.3, -0.25) is 0 Å². The standard InChI is InChI=1S/C16H11F2NO2/c17-13-8-4-7-11(14(13)18)16-12(9-20)15(19-21-16)10-5-2-1-3-6-10/h1-8,20H,9H2. The van der Waals surface area contributed by atoms with E-state index in [0.29, 0.717) is 11.3 Å². The highest BCUT2D eigenvalue weighted by molar-refractivity contribution is 5.72. The zero-order valence-electron chi connectivity index (χ0n) is 10.9. The second-order valence-corrected chi connectivity index (χ2v) is 4.46. The van der Waals surface area contributed by atoms with Crippen molar-refractivity contribution in [3.63, 3.8) is 0 Å². The second-order valence-electron chi connectivity index (χ2n) is 4.46. The maximum Gasteiger partial charge on any atom is 0.176 e. The van der Waals surface area contributed by atoms with Crippen LogP contribution in [0.15, 0.2) is 53.1 Å². The summed E-state index contributed by atoms with van der Waals surface area (Å²) < 4.78 is 32.3. The molecule has 3 rings (SSSR count). The lowest BCUT2D eigenvalue weighted by atomic mass is 10.0. The van der Waals surface area contributed by atoms with Crippen molar-refractivity contribution >= 4 is 0 Å². The molecule has 0 aliphatic heterocycles. The highest BCUT2D eigenvalue weighted by atomic mass is 19.2. The van der Waals surface area contributed by atoms with Crippen LogP contribution in [0, 0.1) is 11.6 Å². The Morgan fingerprint density at radius 2 is 1.76 bits per heavy atom. The molecule has 2 aromatic carbocycles. The second kappa shape index (κ2) is 5.46. The number of aliphatic hydroxyl groups is 1. The summed E-state index contributed by atoms with van der Waals surface area (Å²) >= 11 is 0. The van der Waals surface area contributed by atoms with Gasteiger partial charge < -0.3 is 9.63 Å². The van der Waals surface area contributed by atoms with Gasteiger partial charge >= 0.3 is 0 Å². The van der Waals surface area contributed by atoms with Crippen molar-refractivity contribution in [1.82, 2.24) is 5.16 Å². The number of benzene rings is 2. The molecule has 1 heterocycles. The Bertz CT molecular complexity index is 769. The molecule has 1 N–H and O–H groups in total. The summed E-state index contributed by atoms with van der Waals surface area (Å²) in [5.74, 6) is -1.97. The third-order valence-electron chi connectivity index (χ3n) is 3.19. The Morgan fingerprint density at radius 3 is 2.48 bits per heavy atom. The van der Waals surface area contributed by atoms with Crippen LogP contribution >= 0.6 is 0 Å². The minimum Gasteiger partial charge on any atom is -0.391 e. The normalized spacial score (nSPS) is 10.8. The first-order chi connectivity index (χ1) is 10.2. The molecule has 0 bridgehead atoms. The molecule has 0 aliphatic carbocycles. The van der Waals surface area contributed by atoms with Crippen LogP contribution in [-0.2, 0) is 6.61 Å². The number of hydrogen-bond acceptors (Lipinski definition) is 3. The molecule has 5 heteroatoms. The van der Waals surface area contributed by atoms with Crippen molar-refractivity contribution in [2.45, 2.75) is 6.61 Å². The molecular formula is C16H11F2NO2. The van der Waals surface area contributed by atoms with Crippen molar-refractivity contribution < 1.29 is 18.4 Å². The van der Waals surface area contributed by atoms with Gasteiger partial charge in [-0.05, 0) is 12.1 Å². The number of nitrogens with zero attached hydrogens (tertiary/aromatic N) is 1. The van der Waals surface area contributed by atoms with Gasteiger partial charge in [0.15, 0.2) is 17.4 Å². The lowest BCUT2D eigenvalue weighted by Gasteiger charge is -2.03. The van der Waals surface area contributed by atoms with Crippen LogP contribution in [0.5, 0.6) is 0 Å². The van der Waals surface area contributed by atoms with E-state index in [1.54, 1.807) is 12.1 Å². The van der Waals surface area contributed by atoms with E-state index in [2.05, 4.69) is 5.16 Å². The van der Waals surface area contributed by atoms with Crippen molar-refractivity contribution in [2.24, 2.45) is 0 Å². The van der Waals surface area contributed by atoms with Gasteiger partial charge in [0.05, 0.1) is 17.7 Å². The molecule has 0 aliphatic rings. The van der Waals surface area contributed by atoms with E-state index in [0.717, 1.165) is 11.6 Å². The van der Waals surface area contributed by atoms with Gasteiger partial charge in [0.25, 0.3) is 0 Å². The summed E-state index contributed by atoms with van der Waals surface area (Å²) in [6.07, 6.45) is 0. The van der Waals surface area contributed by atoms with Gasteiger partial charge in [0.2, 0.25) is 0 Å². The predicted molar refractivity (Wildman–Crippen MR) is 73.2 cm³/mol. The minimum atomic E-state index is -1.03. The first-order valence-corrected chi connectivity index (χ1v) is 6.31. The Kier molecular flexibility index (Phi) is 3.50. The van der Waals surface area contributed by atoms with Gasteiger partial charge in [-0.2, -0.15) is 0 Å². The lowest BCUT2D eigenvalue weighted by molar-refractivity contribution is 0.281. The third kappa shape index (κ3) is 2.32. The number of aliphatic hydroxyl groups excluding tert-OH is 1. The molecule has 1 aromatic heterocycles. The first-order valence-electron chi connectivity index (χ1n) is 6.31. The predicted octanol–water partition coefficient (Wildman–Crippen LogP) is 3.78. The van der Waals surface area contributed by atoms with E-state index in [1.165, 1.54) is 12.1 Å². The quantitative estimate of drug-likeness (QED) is 0.797. The van der Waals surface area contributed by atoms with Crippen LogP contribution in [0.2, 0.25) is 0 Å². The highest BCUT2D eigenvalue weighted by Crippen LogP contribution is 2.34. The largest absolute Gasteiger partial charge is 0.391 e. The van der Waals surface area contributed by atoms with Crippen LogP contribution < -0.4 is 0 Å². The zero-order chi connectivity index (χ0) is 14.8. The summed E-state index contributed by atoms with van der Waals surface area (Å²) in [5, 5.41) is 13.4. The van der Waals surface area contributed by atoms with Gasteiger partial charge in [-0.25, -0.2) is 8.78 Å². The Balaban J connectivity index is 2.18. The molecule has 106 valence electrons. The summed E-state index contributed by atoms with van der Waals surface area (Å²) in [5.41, 5.74) is 1.41. The molecule has 3 aromatic rings. The highest BCUT2D eigenvalue weighted by Gasteiger charge is 2.21.